The number of methoxy groups -OCH3 is 1. The summed E-state index contributed by atoms with van der Waals surface area (Å²) in [6.07, 6.45) is 2.92. The van der Waals surface area contributed by atoms with Gasteiger partial charge in [-0.25, -0.2) is 36.5 Å². The van der Waals surface area contributed by atoms with E-state index in [1.54, 1.807) is 12.1 Å². The summed E-state index contributed by atoms with van der Waals surface area (Å²) in [5.41, 5.74) is 0.870. The number of nitrogens with zero attached hydrogens (tertiary/aromatic N) is 3. The van der Waals surface area contributed by atoms with Crippen molar-refractivity contribution in [3.05, 3.63) is 70.9 Å². The second-order valence-corrected chi connectivity index (χ2v) is 7.79. The number of benzene rings is 1. The van der Waals surface area contributed by atoms with Crippen LogP contribution in [0.25, 0.3) is 16.8 Å². The summed E-state index contributed by atoms with van der Waals surface area (Å²) in [6, 6.07) is 6.79. The number of sulfonamides is 1. The fraction of sp³-hybridized carbons (Fsp3) is 0.0556. The highest BCUT2D eigenvalue weighted by molar-refractivity contribution is 7.92. The quantitative estimate of drug-likeness (QED) is 0.498. The molecule has 0 spiro atoms. The van der Waals surface area contributed by atoms with Crippen LogP contribution in [0.5, 0.6) is 5.88 Å². The second kappa shape index (κ2) is 7.22. The van der Waals surface area contributed by atoms with E-state index >= 15 is 0 Å². The van der Waals surface area contributed by atoms with Crippen LogP contribution >= 0.6 is 0 Å². The minimum Gasteiger partial charge on any atom is -0.480 e. The Hall–Kier alpha value is -3.80. The number of aromatic amines is 1. The van der Waals surface area contributed by atoms with Crippen molar-refractivity contribution in [2.75, 3.05) is 11.8 Å². The molecule has 0 aliphatic heterocycles. The van der Waals surface area contributed by atoms with Gasteiger partial charge in [-0.1, -0.05) is 0 Å². The van der Waals surface area contributed by atoms with Crippen LogP contribution in [0.4, 0.5) is 14.5 Å². The van der Waals surface area contributed by atoms with Crippen LogP contribution in [0, 0.1) is 11.6 Å². The smallest absolute Gasteiger partial charge is 0.347 e. The number of hydrogen-bond donors (Lipinski definition) is 2. The van der Waals surface area contributed by atoms with E-state index < -0.39 is 32.2 Å². The third-order valence-corrected chi connectivity index (χ3v) is 5.62. The minimum atomic E-state index is -4.41. The summed E-state index contributed by atoms with van der Waals surface area (Å²) >= 11 is 0. The van der Waals surface area contributed by atoms with Crippen molar-refractivity contribution < 1.29 is 21.9 Å². The van der Waals surface area contributed by atoms with E-state index in [1.807, 2.05) is 0 Å². The van der Waals surface area contributed by atoms with Crippen molar-refractivity contribution in [1.29, 1.82) is 0 Å². The lowest BCUT2D eigenvalue weighted by molar-refractivity contribution is 0.400. The molecule has 30 heavy (non-hydrogen) atoms. The lowest BCUT2D eigenvalue weighted by Crippen LogP contribution is -2.16. The van der Waals surface area contributed by atoms with E-state index in [0.29, 0.717) is 22.8 Å². The van der Waals surface area contributed by atoms with Gasteiger partial charge in [-0.2, -0.15) is 5.10 Å². The molecule has 0 atom stereocenters. The topological polar surface area (TPSA) is 118 Å². The van der Waals surface area contributed by atoms with Crippen LogP contribution in [0.3, 0.4) is 0 Å². The van der Waals surface area contributed by atoms with Gasteiger partial charge in [0.05, 0.1) is 7.11 Å². The van der Waals surface area contributed by atoms with Crippen molar-refractivity contribution in [3.8, 4) is 17.0 Å². The van der Waals surface area contributed by atoms with E-state index in [0.717, 1.165) is 12.1 Å². The van der Waals surface area contributed by atoms with Crippen LogP contribution in [0.1, 0.15) is 0 Å². The van der Waals surface area contributed by atoms with Gasteiger partial charge in [0.25, 0.3) is 10.0 Å². The predicted molar refractivity (Wildman–Crippen MR) is 103 cm³/mol. The van der Waals surface area contributed by atoms with E-state index in [2.05, 4.69) is 19.9 Å². The number of nitrogens with one attached hydrogen (secondary N) is 2. The molecule has 0 unspecified atom stereocenters. The highest BCUT2D eigenvalue weighted by atomic mass is 32.2. The fourth-order valence-electron chi connectivity index (χ4n) is 2.82. The molecule has 3 heterocycles. The lowest BCUT2D eigenvalue weighted by atomic mass is 10.1. The van der Waals surface area contributed by atoms with Gasteiger partial charge in [-0.05, 0) is 30.3 Å². The molecule has 0 radical (unpaired) electrons. The largest absolute Gasteiger partial charge is 0.480 e. The standard InChI is InChI=1S/C18H13F2N5O4S/c1-29-17-14(24-30(27,28)15-4-3-12(19)7-13(15)20)6-11(8-21-17)10-2-5-16-22-23-18(26)25(16)9-10/h2-9,24H,1H3,(H,23,26). The Kier molecular flexibility index (Phi) is 4.70. The zero-order valence-corrected chi connectivity index (χ0v) is 16.1. The number of halogens is 2. The summed E-state index contributed by atoms with van der Waals surface area (Å²) in [5, 5.41) is 6.14. The van der Waals surface area contributed by atoms with Crippen molar-refractivity contribution in [2.24, 2.45) is 0 Å². The monoisotopic (exact) mass is 433 g/mol. The molecule has 0 aliphatic carbocycles. The van der Waals surface area contributed by atoms with Gasteiger partial charge in [-0.15, -0.1) is 0 Å². The zero-order valence-electron chi connectivity index (χ0n) is 15.3. The predicted octanol–water partition coefficient (Wildman–Crippen LogP) is 2.17. The van der Waals surface area contributed by atoms with Crippen LogP contribution in [0.15, 0.2) is 58.5 Å². The van der Waals surface area contributed by atoms with Crippen LogP contribution in [-0.4, -0.2) is 35.1 Å². The highest BCUT2D eigenvalue weighted by Crippen LogP contribution is 2.30. The number of rotatable bonds is 5. The lowest BCUT2D eigenvalue weighted by Gasteiger charge is -2.13. The van der Waals surface area contributed by atoms with E-state index in [-0.39, 0.29) is 11.6 Å². The molecule has 4 aromatic rings. The Morgan fingerprint density at radius 1 is 1.13 bits per heavy atom. The van der Waals surface area contributed by atoms with E-state index in [1.165, 1.54) is 30.0 Å². The van der Waals surface area contributed by atoms with Gasteiger partial charge in [0.1, 0.15) is 22.2 Å². The Labute approximate surface area is 168 Å². The van der Waals surface area contributed by atoms with Crippen LogP contribution < -0.4 is 15.1 Å². The molecule has 0 bridgehead atoms. The average Bonchev–Trinajstić information content (AvgIpc) is 3.07. The first-order valence-electron chi connectivity index (χ1n) is 8.37. The summed E-state index contributed by atoms with van der Waals surface area (Å²) in [7, 11) is -3.12. The Morgan fingerprint density at radius 2 is 1.93 bits per heavy atom. The van der Waals surface area contributed by atoms with Crippen LogP contribution in [0.2, 0.25) is 0 Å². The number of H-pyrrole nitrogens is 1. The Morgan fingerprint density at radius 3 is 2.67 bits per heavy atom. The van der Waals surface area contributed by atoms with Gasteiger partial charge < -0.3 is 4.74 Å². The molecule has 0 aliphatic rings. The molecule has 0 saturated heterocycles. The average molecular weight is 433 g/mol. The van der Waals surface area contributed by atoms with Crippen molar-refractivity contribution in [1.82, 2.24) is 19.6 Å². The first-order valence-corrected chi connectivity index (χ1v) is 9.86. The zero-order chi connectivity index (χ0) is 21.5. The summed E-state index contributed by atoms with van der Waals surface area (Å²) in [5.74, 6) is -2.21. The van der Waals surface area contributed by atoms with Crippen LogP contribution in [-0.2, 0) is 10.0 Å². The molecule has 0 saturated carbocycles. The van der Waals surface area contributed by atoms with Gasteiger partial charge >= 0.3 is 5.69 Å². The summed E-state index contributed by atoms with van der Waals surface area (Å²) < 4.78 is 60.9. The molecule has 0 fully saturated rings. The van der Waals surface area contributed by atoms with Crippen molar-refractivity contribution in [2.45, 2.75) is 4.90 Å². The summed E-state index contributed by atoms with van der Waals surface area (Å²) in [4.78, 5) is 15.1. The minimum absolute atomic E-state index is 0.0635. The van der Waals surface area contributed by atoms with Gasteiger partial charge in [0, 0.05) is 29.6 Å². The number of fused-ring (bicyclic) bond motifs is 1. The maximum Gasteiger partial charge on any atom is 0.347 e. The number of pyridine rings is 2. The number of hydrogen-bond acceptors (Lipinski definition) is 6. The normalized spacial score (nSPS) is 11.6. The fourth-order valence-corrected chi connectivity index (χ4v) is 3.92. The molecule has 3 aromatic heterocycles. The summed E-state index contributed by atoms with van der Waals surface area (Å²) in [6.45, 7) is 0. The van der Waals surface area contributed by atoms with Gasteiger partial charge in [0.15, 0.2) is 5.65 Å². The third kappa shape index (κ3) is 3.48. The number of aromatic nitrogens is 4. The maximum absolute atomic E-state index is 14.0. The van der Waals surface area contributed by atoms with Gasteiger partial charge in [-0.3, -0.25) is 4.72 Å². The van der Waals surface area contributed by atoms with E-state index in [4.69, 9.17) is 4.74 Å². The van der Waals surface area contributed by atoms with Gasteiger partial charge in [0.2, 0.25) is 5.88 Å². The highest BCUT2D eigenvalue weighted by Gasteiger charge is 2.22. The first-order chi connectivity index (χ1) is 14.3. The molecule has 2 N–H and O–H groups in total. The molecule has 12 heteroatoms. The van der Waals surface area contributed by atoms with Crippen molar-refractivity contribution in [3.63, 3.8) is 0 Å². The second-order valence-electron chi connectivity index (χ2n) is 6.14. The maximum atomic E-state index is 14.0. The molecular weight excluding hydrogens is 420 g/mol. The van der Waals surface area contributed by atoms with E-state index in [9.17, 15) is 22.0 Å². The SMILES string of the molecule is COc1ncc(-c2ccc3n[nH]c(=O)n3c2)cc1NS(=O)(=O)c1ccc(F)cc1F. The van der Waals surface area contributed by atoms with Crippen molar-refractivity contribution >= 4 is 21.4 Å². The molecule has 154 valence electrons. The first kappa shape index (κ1) is 19.5. The molecule has 0 amide bonds. The number of ether oxygens (including phenoxy) is 1. The molecular formula is C18H13F2N5O4S. The Balaban J connectivity index is 1.77. The molecule has 1 aromatic carbocycles. The molecule has 9 nitrogen and oxygen atoms in total. The molecule has 4 rings (SSSR count). The number of anilines is 1. The Bertz CT molecular complexity index is 1430. The third-order valence-electron chi connectivity index (χ3n) is 4.22.